The van der Waals surface area contributed by atoms with Crippen LogP contribution in [0.5, 0.6) is 5.75 Å². The molecule has 5 heteroatoms. The minimum Gasteiger partial charge on any atom is -0.489 e. The summed E-state index contributed by atoms with van der Waals surface area (Å²) in [6.45, 7) is 0.797. The van der Waals surface area contributed by atoms with Crippen LogP contribution in [0.4, 0.5) is 5.69 Å². The maximum atomic E-state index is 13.1. The lowest BCUT2D eigenvalue weighted by atomic mass is 10.0. The van der Waals surface area contributed by atoms with Gasteiger partial charge in [-0.1, -0.05) is 60.7 Å². The predicted octanol–water partition coefficient (Wildman–Crippen LogP) is 4.34. The Balaban J connectivity index is 1.55. The number of anilines is 1. The van der Waals surface area contributed by atoms with Crippen molar-refractivity contribution in [3.63, 3.8) is 0 Å². The molecule has 0 saturated carbocycles. The van der Waals surface area contributed by atoms with Crippen molar-refractivity contribution >= 4 is 17.2 Å². The lowest BCUT2D eigenvalue weighted by molar-refractivity contribution is -0.112. The summed E-state index contributed by atoms with van der Waals surface area (Å²) < 4.78 is 5.83. The van der Waals surface area contributed by atoms with E-state index in [0.717, 1.165) is 27.6 Å². The second-order valence-electron chi connectivity index (χ2n) is 6.87. The molecular formula is C24H22N2O3. The zero-order valence-corrected chi connectivity index (χ0v) is 16.2. The van der Waals surface area contributed by atoms with Gasteiger partial charge in [0.05, 0.1) is 17.8 Å². The summed E-state index contributed by atoms with van der Waals surface area (Å²) in [6, 6.07) is 26.8. The topological polar surface area (TPSA) is 53.0 Å². The molecule has 0 atom stereocenters. The van der Waals surface area contributed by atoms with Crippen molar-refractivity contribution < 1.29 is 14.7 Å². The van der Waals surface area contributed by atoms with Crippen LogP contribution in [-0.2, 0) is 11.4 Å². The zero-order chi connectivity index (χ0) is 20.2. The van der Waals surface area contributed by atoms with Gasteiger partial charge in [0, 0.05) is 12.7 Å². The van der Waals surface area contributed by atoms with Crippen LogP contribution in [0.3, 0.4) is 0 Å². The van der Waals surface area contributed by atoms with Crippen LogP contribution in [0.1, 0.15) is 11.1 Å². The van der Waals surface area contributed by atoms with Crippen LogP contribution in [0.2, 0.25) is 0 Å². The molecule has 1 N–H and O–H groups in total. The van der Waals surface area contributed by atoms with Gasteiger partial charge in [-0.2, -0.15) is 0 Å². The number of hydroxylamine groups is 2. The molecule has 1 aliphatic heterocycles. The molecule has 1 aliphatic rings. The second-order valence-corrected chi connectivity index (χ2v) is 6.87. The number of hydrogen-bond donors (Lipinski definition) is 1. The minimum absolute atomic E-state index is 0.134. The Kier molecular flexibility index (Phi) is 5.31. The van der Waals surface area contributed by atoms with Gasteiger partial charge in [-0.3, -0.25) is 15.1 Å². The fraction of sp³-hybridized carbons (Fsp3) is 0.125. The van der Waals surface area contributed by atoms with Gasteiger partial charge in [0.15, 0.2) is 0 Å². The number of ether oxygens (including phenoxy) is 1. The number of hydrogen-bond acceptors (Lipinski definition) is 4. The van der Waals surface area contributed by atoms with Crippen molar-refractivity contribution in [2.24, 2.45) is 0 Å². The third-order valence-corrected chi connectivity index (χ3v) is 4.91. The van der Waals surface area contributed by atoms with Gasteiger partial charge in [0.1, 0.15) is 12.4 Å². The van der Waals surface area contributed by atoms with Crippen molar-refractivity contribution in [1.29, 1.82) is 0 Å². The van der Waals surface area contributed by atoms with E-state index in [9.17, 15) is 10.0 Å². The average Bonchev–Trinajstić information content (AvgIpc) is 3.11. The smallest absolute Gasteiger partial charge is 0.261 e. The molecule has 0 spiro atoms. The number of para-hydroxylation sites is 1. The first kappa shape index (κ1) is 18.8. The largest absolute Gasteiger partial charge is 0.489 e. The SMILES string of the molecule is CN(O)C1=C(c2ccc(OCc3ccccc3)cc2)C(=O)N(c2ccccc2)C1. The molecule has 146 valence electrons. The monoisotopic (exact) mass is 386 g/mol. The molecule has 3 aromatic rings. The standard InChI is InChI=1S/C24H22N2O3/c1-25(28)22-16-26(20-10-6-3-7-11-20)24(27)23(22)19-12-14-21(15-13-19)29-17-18-8-4-2-5-9-18/h2-15,28H,16-17H2,1H3. The van der Waals surface area contributed by atoms with Crippen LogP contribution in [0, 0.1) is 0 Å². The minimum atomic E-state index is -0.134. The zero-order valence-electron chi connectivity index (χ0n) is 16.2. The average molecular weight is 386 g/mol. The molecule has 0 fully saturated rings. The number of rotatable bonds is 6. The van der Waals surface area contributed by atoms with Crippen LogP contribution in [-0.4, -0.2) is 29.8 Å². The van der Waals surface area contributed by atoms with Gasteiger partial charge >= 0.3 is 0 Å². The van der Waals surface area contributed by atoms with E-state index in [4.69, 9.17) is 4.74 Å². The van der Waals surface area contributed by atoms with Gasteiger partial charge in [0.25, 0.3) is 5.91 Å². The lowest BCUT2D eigenvalue weighted by Crippen LogP contribution is -2.27. The van der Waals surface area contributed by atoms with E-state index < -0.39 is 0 Å². The molecular weight excluding hydrogens is 364 g/mol. The van der Waals surface area contributed by atoms with Crippen molar-refractivity contribution in [3.8, 4) is 5.75 Å². The molecule has 0 aliphatic carbocycles. The number of carbonyl (C=O) groups is 1. The van der Waals surface area contributed by atoms with E-state index in [1.165, 1.54) is 7.05 Å². The number of nitrogens with zero attached hydrogens (tertiary/aromatic N) is 2. The number of carbonyl (C=O) groups excluding carboxylic acids is 1. The van der Waals surface area contributed by atoms with E-state index in [1.54, 1.807) is 4.90 Å². The van der Waals surface area contributed by atoms with Gasteiger partial charge in [-0.25, -0.2) is 0 Å². The first-order valence-corrected chi connectivity index (χ1v) is 9.43. The van der Waals surface area contributed by atoms with Crippen molar-refractivity contribution in [2.45, 2.75) is 6.61 Å². The molecule has 0 saturated heterocycles. The van der Waals surface area contributed by atoms with E-state index in [1.807, 2.05) is 84.9 Å². The van der Waals surface area contributed by atoms with Gasteiger partial charge in [-0.15, -0.1) is 0 Å². The van der Waals surface area contributed by atoms with E-state index >= 15 is 0 Å². The molecule has 0 radical (unpaired) electrons. The Morgan fingerprint density at radius 2 is 1.55 bits per heavy atom. The maximum Gasteiger partial charge on any atom is 0.261 e. The molecule has 1 heterocycles. The first-order valence-electron chi connectivity index (χ1n) is 9.43. The normalized spacial score (nSPS) is 13.7. The number of amides is 1. The highest BCUT2D eigenvalue weighted by Crippen LogP contribution is 2.33. The van der Waals surface area contributed by atoms with Crippen molar-refractivity contribution in [3.05, 3.63) is 102 Å². The lowest BCUT2D eigenvalue weighted by Gasteiger charge is -2.18. The molecule has 0 aromatic heterocycles. The van der Waals surface area contributed by atoms with Crippen LogP contribution in [0.25, 0.3) is 5.57 Å². The molecule has 4 rings (SSSR count). The molecule has 5 nitrogen and oxygen atoms in total. The predicted molar refractivity (Wildman–Crippen MR) is 112 cm³/mol. The highest BCUT2D eigenvalue weighted by atomic mass is 16.5. The van der Waals surface area contributed by atoms with Crippen LogP contribution < -0.4 is 9.64 Å². The number of likely N-dealkylation sites (N-methyl/N-ethyl adjacent to an activating group) is 1. The summed E-state index contributed by atoms with van der Waals surface area (Å²) in [4.78, 5) is 14.8. The van der Waals surface area contributed by atoms with Crippen molar-refractivity contribution in [2.75, 3.05) is 18.5 Å². The van der Waals surface area contributed by atoms with Gasteiger partial charge in [-0.05, 0) is 35.4 Å². The van der Waals surface area contributed by atoms with Crippen molar-refractivity contribution in [1.82, 2.24) is 5.06 Å². The van der Waals surface area contributed by atoms with E-state index in [-0.39, 0.29) is 5.91 Å². The molecule has 3 aromatic carbocycles. The quantitative estimate of drug-likeness (QED) is 0.640. The van der Waals surface area contributed by atoms with E-state index in [0.29, 0.717) is 24.4 Å². The summed E-state index contributed by atoms with van der Waals surface area (Å²) in [5.41, 5.74) is 3.70. The summed E-state index contributed by atoms with van der Waals surface area (Å²) in [6.07, 6.45) is 0. The Morgan fingerprint density at radius 3 is 2.17 bits per heavy atom. The first-order chi connectivity index (χ1) is 14.1. The number of benzene rings is 3. The Hall–Kier alpha value is -3.57. The summed E-state index contributed by atoms with van der Waals surface area (Å²) in [5.74, 6) is 0.590. The highest BCUT2D eigenvalue weighted by Gasteiger charge is 2.33. The van der Waals surface area contributed by atoms with E-state index in [2.05, 4.69) is 0 Å². The molecule has 0 bridgehead atoms. The third-order valence-electron chi connectivity index (χ3n) is 4.91. The molecule has 0 unspecified atom stereocenters. The Labute approximate surface area is 170 Å². The second kappa shape index (κ2) is 8.20. The fourth-order valence-corrected chi connectivity index (χ4v) is 3.39. The molecule has 29 heavy (non-hydrogen) atoms. The summed E-state index contributed by atoms with van der Waals surface area (Å²) in [5, 5.41) is 11.1. The summed E-state index contributed by atoms with van der Waals surface area (Å²) in [7, 11) is 1.54. The van der Waals surface area contributed by atoms with Crippen LogP contribution in [0.15, 0.2) is 90.6 Å². The Morgan fingerprint density at radius 1 is 0.931 bits per heavy atom. The van der Waals surface area contributed by atoms with Crippen LogP contribution >= 0.6 is 0 Å². The molecule has 1 amide bonds. The van der Waals surface area contributed by atoms with Gasteiger partial charge < -0.3 is 9.64 Å². The maximum absolute atomic E-state index is 13.1. The van der Waals surface area contributed by atoms with Gasteiger partial charge in [0.2, 0.25) is 0 Å². The Bertz CT molecular complexity index is 1010. The third kappa shape index (κ3) is 4.00. The highest BCUT2D eigenvalue weighted by molar-refractivity contribution is 6.29. The summed E-state index contributed by atoms with van der Waals surface area (Å²) >= 11 is 0. The fourth-order valence-electron chi connectivity index (χ4n) is 3.39.